The van der Waals surface area contributed by atoms with E-state index in [1.807, 2.05) is 0 Å². The fourth-order valence-electron chi connectivity index (χ4n) is 10.2. The third-order valence-corrected chi connectivity index (χ3v) is 17.5. The summed E-state index contributed by atoms with van der Waals surface area (Å²) in [4.78, 5) is 72.2. The topological polar surface area (TPSA) is 237 Å². The Kier molecular flexibility index (Phi) is 60.5. The maximum atomic E-state index is 13.0. The lowest BCUT2D eigenvalue weighted by Crippen LogP contribution is -2.30. The Bertz CT molecular complexity index is 1650. The number of phosphoric acid groups is 2. The van der Waals surface area contributed by atoms with Gasteiger partial charge in [0.2, 0.25) is 0 Å². The molecule has 2 unspecified atom stereocenters. The summed E-state index contributed by atoms with van der Waals surface area (Å²) in [7, 11) is -9.88. The van der Waals surface area contributed by atoms with Gasteiger partial charge in [0.1, 0.15) is 19.3 Å². The molecule has 0 saturated carbocycles. The molecule has 0 amide bonds. The van der Waals surface area contributed by atoms with Gasteiger partial charge in [-0.25, -0.2) is 9.13 Å². The largest absolute Gasteiger partial charge is 0.472 e. The van der Waals surface area contributed by atoms with Gasteiger partial charge in [0, 0.05) is 25.7 Å². The van der Waals surface area contributed by atoms with Crippen LogP contribution in [0.5, 0.6) is 0 Å². The molecular weight excluding hydrogens is 1140 g/mol. The quantitative estimate of drug-likeness (QED) is 0.0222. The van der Waals surface area contributed by atoms with E-state index >= 15 is 0 Å². The van der Waals surface area contributed by atoms with Crippen LogP contribution in [-0.4, -0.2) is 96.7 Å². The number of esters is 4. The highest BCUT2D eigenvalue weighted by molar-refractivity contribution is 7.47. The Morgan fingerprint density at radius 2 is 0.465 bits per heavy atom. The Morgan fingerprint density at radius 1 is 0.279 bits per heavy atom. The Hall–Kier alpha value is -1.94. The normalized spacial score (nSPS) is 14.1. The van der Waals surface area contributed by atoms with Gasteiger partial charge in [-0.05, 0) is 25.7 Å². The van der Waals surface area contributed by atoms with Gasteiger partial charge < -0.3 is 33.8 Å². The minimum atomic E-state index is -4.95. The highest BCUT2D eigenvalue weighted by atomic mass is 31.2. The molecule has 0 rings (SSSR count). The highest BCUT2D eigenvalue weighted by Gasteiger charge is 2.30. The van der Waals surface area contributed by atoms with Gasteiger partial charge in [-0.2, -0.15) is 0 Å². The molecule has 0 spiro atoms. The van der Waals surface area contributed by atoms with Crippen LogP contribution in [0.15, 0.2) is 0 Å². The fraction of sp³-hybridized carbons (Fsp3) is 0.940. The SMILES string of the molecule is CCCCCCCCCCCCCCCCCCCC(=O)O[C@H](COC(=O)CCCCCCCCCCCCCCC)COP(=O)(O)OC[C@@H](O)COP(=O)(O)OC[C@@H](COC(=O)CCCCCCCCCC)OC(=O)CCCCCCCCCC. The van der Waals surface area contributed by atoms with Crippen molar-refractivity contribution in [1.82, 2.24) is 0 Å². The minimum Gasteiger partial charge on any atom is -0.462 e. The first-order chi connectivity index (χ1) is 41.7. The standard InChI is InChI=1S/C67H130O17P2/c1-5-9-13-17-21-25-27-29-30-31-32-34-36-38-42-46-50-54-67(72)84-63(58-78-65(70)52-48-44-41-37-35-33-28-26-22-18-14-10-6-2)60-82-86(75,76)80-56-61(68)55-79-85(73,74)81-59-62(83-66(71)53-49-45-40-24-20-16-12-8-4)57-77-64(69)51-47-43-39-23-19-15-11-7-3/h61-63,68H,5-60H2,1-4H3,(H,73,74)(H,75,76)/t61-,62+,63+/m0/s1. The van der Waals surface area contributed by atoms with E-state index in [0.29, 0.717) is 25.7 Å². The van der Waals surface area contributed by atoms with Crippen molar-refractivity contribution in [2.75, 3.05) is 39.6 Å². The van der Waals surface area contributed by atoms with E-state index < -0.39 is 97.5 Å². The summed E-state index contributed by atoms with van der Waals surface area (Å²) in [6.07, 6.45) is 48.7. The van der Waals surface area contributed by atoms with Gasteiger partial charge in [0.15, 0.2) is 12.2 Å². The number of carbonyl (C=O) groups excluding carboxylic acids is 4. The molecule has 0 fully saturated rings. The van der Waals surface area contributed by atoms with Crippen LogP contribution < -0.4 is 0 Å². The van der Waals surface area contributed by atoms with Gasteiger partial charge in [0.25, 0.3) is 0 Å². The average Bonchev–Trinajstić information content (AvgIpc) is 3.52. The van der Waals surface area contributed by atoms with E-state index in [1.165, 1.54) is 167 Å². The Balaban J connectivity index is 5.18. The second-order valence-electron chi connectivity index (χ2n) is 24.2. The number of aliphatic hydroxyl groups excluding tert-OH is 1. The number of unbranched alkanes of at least 4 members (excludes halogenated alkanes) is 42. The summed E-state index contributed by atoms with van der Waals surface area (Å²) < 4.78 is 68.0. The Labute approximate surface area is 524 Å². The van der Waals surface area contributed by atoms with Crippen molar-refractivity contribution in [2.45, 2.75) is 367 Å². The van der Waals surface area contributed by atoms with Gasteiger partial charge in [-0.1, -0.05) is 297 Å². The van der Waals surface area contributed by atoms with Crippen molar-refractivity contribution in [3.8, 4) is 0 Å². The summed E-state index contributed by atoms with van der Waals surface area (Å²) in [6, 6.07) is 0. The molecule has 0 aromatic heterocycles. The molecule has 0 aliphatic rings. The third-order valence-electron chi connectivity index (χ3n) is 15.6. The molecular formula is C67H130O17P2. The number of carbonyl (C=O) groups is 4. The minimum absolute atomic E-state index is 0.105. The zero-order valence-corrected chi connectivity index (χ0v) is 57.1. The first kappa shape index (κ1) is 84.1. The fourth-order valence-corrected chi connectivity index (χ4v) is 11.7. The van der Waals surface area contributed by atoms with Crippen molar-refractivity contribution in [3.63, 3.8) is 0 Å². The molecule has 0 aromatic carbocycles. The third kappa shape index (κ3) is 60.9. The van der Waals surface area contributed by atoms with E-state index in [9.17, 15) is 43.2 Å². The van der Waals surface area contributed by atoms with Crippen molar-refractivity contribution in [3.05, 3.63) is 0 Å². The van der Waals surface area contributed by atoms with Crippen molar-refractivity contribution >= 4 is 39.5 Å². The lowest BCUT2D eigenvalue weighted by atomic mass is 10.0. The summed E-state index contributed by atoms with van der Waals surface area (Å²) in [5.41, 5.74) is 0. The van der Waals surface area contributed by atoms with Crippen molar-refractivity contribution in [2.24, 2.45) is 0 Å². The van der Waals surface area contributed by atoms with Crippen LogP contribution in [0.4, 0.5) is 0 Å². The maximum absolute atomic E-state index is 13.0. The second kappa shape index (κ2) is 61.9. The summed E-state index contributed by atoms with van der Waals surface area (Å²) in [5, 5.41) is 10.5. The summed E-state index contributed by atoms with van der Waals surface area (Å²) in [5.74, 6) is -2.13. The van der Waals surface area contributed by atoms with Gasteiger partial charge >= 0.3 is 39.5 Å². The molecule has 86 heavy (non-hydrogen) atoms. The highest BCUT2D eigenvalue weighted by Crippen LogP contribution is 2.45. The summed E-state index contributed by atoms with van der Waals surface area (Å²) >= 11 is 0. The van der Waals surface area contributed by atoms with Crippen LogP contribution in [0.3, 0.4) is 0 Å². The number of aliphatic hydroxyl groups is 1. The van der Waals surface area contributed by atoms with Crippen molar-refractivity contribution in [1.29, 1.82) is 0 Å². The molecule has 0 heterocycles. The van der Waals surface area contributed by atoms with E-state index in [4.69, 9.17) is 37.0 Å². The Morgan fingerprint density at radius 3 is 0.686 bits per heavy atom. The van der Waals surface area contributed by atoms with E-state index in [-0.39, 0.29) is 25.7 Å². The number of hydrogen-bond acceptors (Lipinski definition) is 15. The molecule has 0 aromatic rings. The maximum Gasteiger partial charge on any atom is 0.472 e. The molecule has 0 aliphatic heterocycles. The lowest BCUT2D eigenvalue weighted by molar-refractivity contribution is -0.161. The van der Waals surface area contributed by atoms with E-state index in [1.54, 1.807) is 0 Å². The van der Waals surface area contributed by atoms with Gasteiger partial charge in [0.05, 0.1) is 26.4 Å². The molecule has 3 N–H and O–H groups in total. The van der Waals surface area contributed by atoms with Crippen LogP contribution in [0.2, 0.25) is 0 Å². The van der Waals surface area contributed by atoms with Gasteiger partial charge in [-0.3, -0.25) is 37.3 Å². The molecule has 0 aliphatic carbocycles. The smallest absolute Gasteiger partial charge is 0.462 e. The molecule has 0 bridgehead atoms. The predicted octanol–water partition coefficient (Wildman–Crippen LogP) is 19.1. The summed E-state index contributed by atoms with van der Waals surface area (Å²) in [6.45, 7) is 4.87. The molecule has 510 valence electrons. The lowest BCUT2D eigenvalue weighted by Gasteiger charge is -2.21. The number of ether oxygens (including phenoxy) is 4. The number of hydrogen-bond donors (Lipinski definition) is 3. The molecule has 5 atom stereocenters. The second-order valence-corrected chi connectivity index (χ2v) is 27.1. The van der Waals surface area contributed by atoms with Crippen LogP contribution in [0.25, 0.3) is 0 Å². The van der Waals surface area contributed by atoms with Crippen LogP contribution in [0.1, 0.15) is 349 Å². The van der Waals surface area contributed by atoms with E-state index in [0.717, 1.165) is 103 Å². The number of phosphoric ester groups is 2. The van der Waals surface area contributed by atoms with Crippen LogP contribution in [-0.2, 0) is 65.4 Å². The molecule has 0 saturated heterocycles. The van der Waals surface area contributed by atoms with Crippen LogP contribution >= 0.6 is 15.6 Å². The first-order valence-corrected chi connectivity index (χ1v) is 38.3. The first-order valence-electron chi connectivity index (χ1n) is 35.3. The van der Waals surface area contributed by atoms with Crippen LogP contribution in [0, 0.1) is 0 Å². The van der Waals surface area contributed by atoms with Gasteiger partial charge in [-0.15, -0.1) is 0 Å². The number of rotatable bonds is 68. The van der Waals surface area contributed by atoms with Crippen molar-refractivity contribution < 1.29 is 80.2 Å². The molecule has 17 nitrogen and oxygen atoms in total. The zero-order chi connectivity index (χ0) is 63.3. The monoisotopic (exact) mass is 1270 g/mol. The molecule has 0 radical (unpaired) electrons. The predicted molar refractivity (Wildman–Crippen MR) is 345 cm³/mol. The average molecular weight is 1270 g/mol. The van der Waals surface area contributed by atoms with E-state index in [2.05, 4.69) is 27.7 Å². The molecule has 19 heteroatoms. The zero-order valence-electron chi connectivity index (χ0n) is 55.3.